The van der Waals surface area contributed by atoms with Gasteiger partial charge in [0.2, 0.25) is 5.91 Å². The van der Waals surface area contributed by atoms with Crippen LogP contribution in [0.4, 0.5) is 5.69 Å². The van der Waals surface area contributed by atoms with Gasteiger partial charge in [-0.2, -0.15) is 0 Å². The number of carbonyl (C=O) groups excluding carboxylic acids is 1. The van der Waals surface area contributed by atoms with Crippen LogP contribution < -0.4 is 10.1 Å². The number of carbonyl (C=O) groups is 1. The van der Waals surface area contributed by atoms with Gasteiger partial charge < -0.3 is 10.1 Å². The maximum atomic E-state index is 12.2. The van der Waals surface area contributed by atoms with Gasteiger partial charge in [-0.05, 0) is 49.4 Å². The molecule has 0 saturated carbocycles. The molecule has 25 heavy (non-hydrogen) atoms. The van der Waals surface area contributed by atoms with Crippen LogP contribution in [0.2, 0.25) is 5.02 Å². The SMILES string of the molecule is COc1ccc2nc(C)cc(SCC(=O)Nc3cccc(Cl)c3)c2c1. The second kappa shape index (κ2) is 7.76. The third-order valence-corrected chi connectivity index (χ3v) is 4.86. The van der Waals surface area contributed by atoms with Crippen LogP contribution in [0.15, 0.2) is 53.4 Å². The van der Waals surface area contributed by atoms with Crippen molar-refractivity contribution in [3.8, 4) is 5.75 Å². The van der Waals surface area contributed by atoms with Crippen molar-refractivity contribution < 1.29 is 9.53 Å². The number of amides is 1. The highest BCUT2D eigenvalue weighted by Gasteiger charge is 2.09. The highest BCUT2D eigenvalue weighted by atomic mass is 35.5. The van der Waals surface area contributed by atoms with Crippen molar-refractivity contribution in [3.63, 3.8) is 0 Å². The number of rotatable bonds is 5. The van der Waals surface area contributed by atoms with Crippen LogP contribution in [-0.4, -0.2) is 23.8 Å². The zero-order valence-corrected chi connectivity index (χ0v) is 15.4. The number of aromatic nitrogens is 1. The summed E-state index contributed by atoms with van der Waals surface area (Å²) >= 11 is 7.41. The van der Waals surface area contributed by atoms with Gasteiger partial charge in [-0.3, -0.25) is 9.78 Å². The molecule has 4 nitrogen and oxygen atoms in total. The van der Waals surface area contributed by atoms with Gasteiger partial charge in [-0.25, -0.2) is 0 Å². The fourth-order valence-electron chi connectivity index (χ4n) is 2.45. The summed E-state index contributed by atoms with van der Waals surface area (Å²) in [6.45, 7) is 1.94. The second-order valence-electron chi connectivity index (χ2n) is 5.49. The summed E-state index contributed by atoms with van der Waals surface area (Å²) in [5.74, 6) is 0.976. The van der Waals surface area contributed by atoms with Gasteiger partial charge in [0.25, 0.3) is 0 Å². The average Bonchev–Trinajstić information content (AvgIpc) is 2.59. The minimum Gasteiger partial charge on any atom is -0.497 e. The van der Waals surface area contributed by atoms with Gasteiger partial charge in [0, 0.05) is 26.7 Å². The maximum Gasteiger partial charge on any atom is 0.234 e. The number of nitrogens with zero attached hydrogens (tertiary/aromatic N) is 1. The number of fused-ring (bicyclic) bond motifs is 1. The molecule has 1 heterocycles. The van der Waals surface area contributed by atoms with E-state index in [2.05, 4.69) is 10.3 Å². The molecule has 6 heteroatoms. The zero-order valence-electron chi connectivity index (χ0n) is 13.9. The number of hydrogen-bond donors (Lipinski definition) is 1. The Morgan fingerprint density at radius 3 is 2.84 bits per heavy atom. The quantitative estimate of drug-likeness (QED) is 0.645. The first-order valence-electron chi connectivity index (χ1n) is 7.69. The Hall–Kier alpha value is -2.24. The van der Waals surface area contributed by atoms with Crippen molar-refractivity contribution in [2.24, 2.45) is 0 Å². The molecule has 0 saturated heterocycles. The van der Waals surface area contributed by atoms with E-state index < -0.39 is 0 Å². The number of benzene rings is 2. The van der Waals surface area contributed by atoms with Crippen LogP contribution >= 0.6 is 23.4 Å². The Morgan fingerprint density at radius 2 is 2.08 bits per heavy atom. The van der Waals surface area contributed by atoms with Crippen LogP contribution in [0.3, 0.4) is 0 Å². The van der Waals surface area contributed by atoms with Crippen molar-refractivity contribution >= 4 is 45.9 Å². The Morgan fingerprint density at radius 1 is 1.24 bits per heavy atom. The van der Waals surface area contributed by atoms with Gasteiger partial charge >= 0.3 is 0 Å². The third kappa shape index (κ3) is 4.44. The maximum absolute atomic E-state index is 12.2. The predicted molar refractivity (Wildman–Crippen MR) is 104 cm³/mol. The largest absolute Gasteiger partial charge is 0.497 e. The van der Waals surface area contributed by atoms with Crippen LogP contribution in [-0.2, 0) is 4.79 Å². The van der Waals surface area contributed by atoms with Crippen molar-refractivity contribution in [3.05, 3.63) is 59.2 Å². The predicted octanol–water partition coefficient (Wildman–Crippen LogP) is 4.94. The normalized spacial score (nSPS) is 10.7. The minimum atomic E-state index is -0.0854. The summed E-state index contributed by atoms with van der Waals surface area (Å²) in [5, 5.41) is 4.42. The fourth-order valence-corrected chi connectivity index (χ4v) is 3.57. The number of thioether (sulfide) groups is 1. The highest BCUT2D eigenvalue weighted by Crippen LogP contribution is 2.30. The Kier molecular flexibility index (Phi) is 5.46. The van der Waals surface area contributed by atoms with E-state index in [4.69, 9.17) is 16.3 Å². The number of hydrogen-bond acceptors (Lipinski definition) is 4. The Bertz CT molecular complexity index is 930. The van der Waals surface area contributed by atoms with Crippen LogP contribution in [0.5, 0.6) is 5.75 Å². The van der Waals surface area contributed by atoms with Gasteiger partial charge in [0.15, 0.2) is 0 Å². The first kappa shape index (κ1) is 17.6. The molecule has 0 aliphatic carbocycles. The van der Waals surface area contributed by atoms with E-state index in [-0.39, 0.29) is 5.91 Å². The smallest absolute Gasteiger partial charge is 0.234 e. The van der Waals surface area contributed by atoms with Crippen molar-refractivity contribution in [1.82, 2.24) is 4.98 Å². The standard InChI is InChI=1S/C19H17ClN2O2S/c1-12-8-18(16-10-15(24-2)6-7-17(16)21-12)25-11-19(23)22-14-5-3-4-13(20)9-14/h3-10H,11H2,1-2H3,(H,22,23). The molecule has 0 fully saturated rings. The lowest BCUT2D eigenvalue weighted by Crippen LogP contribution is -2.13. The molecule has 128 valence electrons. The van der Waals surface area contributed by atoms with Gasteiger partial charge in [0.05, 0.1) is 18.4 Å². The molecule has 0 aliphatic heterocycles. The van der Waals surface area contributed by atoms with E-state index in [1.807, 2.05) is 37.3 Å². The third-order valence-electron chi connectivity index (χ3n) is 3.57. The lowest BCUT2D eigenvalue weighted by molar-refractivity contribution is -0.113. The number of nitrogens with one attached hydrogen (secondary N) is 1. The van der Waals surface area contributed by atoms with Crippen LogP contribution in [0.25, 0.3) is 10.9 Å². The molecule has 1 amide bonds. The summed E-state index contributed by atoms with van der Waals surface area (Å²) in [6, 6.07) is 14.8. The zero-order chi connectivity index (χ0) is 17.8. The molecule has 0 spiro atoms. The van der Waals surface area contributed by atoms with E-state index >= 15 is 0 Å². The van der Waals surface area contributed by atoms with Crippen LogP contribution in [0.1, 0.15) is 5.69 Å². The second-order valence-corrected chi connectivity index (χ2v) is 6.95. The lowest BCUT2D eigenvalue weighted by Gasteiger charge is -2.10. The topological polar surface area (TPSA) is 51.2 Å². The van der Waals surface area contributed by atoms with Crippen molar-refractivity contribution in [1.29, 1.82) is 0 Å². The first-order chi connectivity index (χ1) is 12.0. The molecule has 3 aromatic rings. The fraction of sp³-hybridized carbons (Fsp3) is 0.158. The molecule has 1 N–H and O–H groups in total. The number of aryl methyl sites for hydroxylation is 1. The molecule has 0 radical (unpaired) electrons. The number of anilines is 1. The van der Waals surface area contributed by atoms with E-state index in [1.165, 1.54) is 11.8 Å². The summed E-state index contributed by atoms with van der Waals surface area (Å²) < 4.78 is 5.29. The molecular formula is C19H17ClN2O2S. The van der Waals surface area contributed by atoms with Crippen molar-refractivity contribution in [2.75, 3.05) is 18.2 Å². The van der Waals surface area contributed by atoms with E-state index in [9.17, 15) is 4.79 Å². The monoisotopic (exact) mass is 372 g/mol. The molecular weight excluding hydrogens is 356 g/mol. The molecule has 2 aromatic carbocycles. The van der Waals surface area contributed by atoms with Crippen molar-refractivity contribution in [2.45, 2.75) is 11.8 Å². The molecule has 0 bridgehead atoms. The number of pyridine rings is 1. The van der Waals surface area contributed by atoms with Gasteiger partial charge in [-0.15, -0.1) is 11.8 Å². The number of halogens is 1. The lowest BCUT2D eigenvalue weighted by atomic mass is 10.2. The molecule has 3 rings (SSSR count). The van der Waals surface area contributed by atoms with E-state index in [0.717, 1.165) is 27.2 Å². The molecule has 0 aliphatic rings. The van der Waals surface area contributed by atoms with Gasteiger partial charge in [0.1, 0.15) is 5.75 Å². The highest BCUT2D eigenvalue weighted by molar-refractivity contribution is 8.00. The summed E-state index contributed by atoms with van der Waals surface area (Å²) in [7, 11) is 1.63. The molecule has 0 atom stereocenters. The minimum absolute atomic E-state index is 0.0854. The Labute approximate surface area is 155 Å². The summed E-state index contributed by atoms with van der Waals surface area (Å²) in [6.07, 6.45) is 0. The summed E-state index contributed by atoms with van der Waals surface area (Å²) in [4.78, 5) is 17.8. The summed E-state index contributed by atoms with van der Waals surface area (Å²) in [5.41, 5.74) is 2.49. The van der Waals surface area contributed by atoms with E-state index in [1.54, 1.807) is 25.3 Å². The Balaban J connectivity index is 1.77. The van der Waals surface area contributed by atoms with Crippen LogP contribution in [0, 0.1) is 6.92 Å². The average molecular weight is 373 g/mol. The molecule has 1 aromatic heterocycles. The number of ether oxygens (including phenoxy) is 1. The number of methoxy groups -OCH3 is 1. The molecule has 0 unspecified atom stereocenters. The van der Waals surface area contributed by atoms with Gasteiger partial charge in [-0.1, -0.05) is 17.7 Å². The van der Waals surface area contributed by atoms with E-state index in [0.29, 0.717) is 16.5 Å². The first-order valence-corrected chi connectivity index (χ1v) is 9.05.